The van der Waals surface area contributed by atoms with Crippen molar-refractivity contribution in [1.82, 2.24) is 5.32 Å². The molecule has 0 aromatic heterocycles. The molecule has 90 valence electrons. The molecule has 1 amide bonds. The van der Waals surface area contributed by atoms with Gasteiger partial charge in [0.1, 0.15) is 5.54 Å². The van der Waals surface area contributed by atoms with Crippen molar-refractivity contribution in [3.05, 3.63) is 0 Å². The third-order valence-electron chi connectivity index (χ3n) is 4.02. The van der Waals surface area contributed by atoms with Crippen molar-refractivity contribution >= 4 is 11.9 Å². The molecule has 0 aromatic rings. The molecule has 2 saturated carbocycles. The summed E-state index contributed by atoms with van der Waals surface area (Å²) in [5, 5.41) is 11.9. The fourth-order valence-electron chi connectivity index (χ4n) is 2.51. The summed E-state index contributed by atoms with van der Waals surface area (Å²) in [6, 6.07) is 0. The Bertz CT molecular complexity index is 335. The van der Waals surface area contributed by atoms with Crippen LogP contribution < -0.4 is 5.32 Å². The first kappa shape index (κ1) is 11.4. The number of carbonyl (C=O) groups excluding carboxylic acids is 1. The van der Waals surface area contributed by atoms with Gasteiger partial charge in [-0.05, 0) is 38.0 Å². The lowest BCUT2D eigenvalue weighted by Gasteiger charge is -2.25. The molecular weight excluding hydrogens is 206 g/mol. The summed E-state index contributed by atoms with van der Waals surface area (Å²) in [6.07, 6.45) is 4.47. The summed E-state index contributed by atoms with van der Waals surface area (Å²) in [4.78, 5) is 23.0. The van der Waals surface area contributed by atoms with E-state index in [1.54, 1.807) is 6.92 Å². The number of carboxylic acids is 1. The van der Waals surface area contributed by atoms with E-state index in [-0.39, 0.29) is 17.2 Å². The number of rotatable bonds is 5. The van der Waals surface area contributed by atoms with Crippen LogP contribution in [0, 0.1) is 11.3 Å². The highest BCUT2D eigenvalue weighted by atomic mass is 16.4. The molecule has 4 nitrogen and oxygen atoms in total. The minimum absolute atomic E-state index is 0.0594. The van der Waals surface area contributed by atoms with Crippen LogP contribution in [0.1, 0.15) is 46.0 Å². The average molecular weight is 225 g/mol. The van der Waals surface area contributed by atoms with Crippen molar-refractivity contribution in [2.75, 3.05) is 0 Å². The third kappa shape index (κ3) is 1.81. The summed E-state index contributed by atoms with van der Waals surface area (Å²) in [7, 11) is 0. The third-order valence-corrected chi connectivity index (χ3v) is 4.02. The maximum absolute atomic E-state index is 11.9. The Kier molecular flexibility index (Phi) is 2.48. The molecule has 2 rings (SSSR count). The van der Waals surface area contributed by atoms with Crippen LogP contribution in [0.2, 0.25) is 0 Å². The summed E-state index contributed by atoms with van der Waals surface area (Å²) < 4.78 is 0. The average Bonchev–Trinajstić information content (AvgIpc) is 3.07. The van der Waals surface area contributed by atoms with Crippen molar-refractivity contribution < 1.29 is 14.7 Å². The molecule has 2 fully saturated rings. The van der Waals surface area contributed by atoms with Crippen molar-refractivity contribution in [3.8, 4) is 0 Å². The van der Waals surface area contributed by atoms with Gasteiger partial charge in [0.05, 0.1) is 0 Å². The first-order chi connectivity index (χ1) is 7.43. The minimum atomic E-state index is -1.09. The molecule has 1 spiro atoms. The molecule has 0 radical (unpaired) electrons. The van der Waals surface area contributed by atoms with E-state index in [0.717, 1.165) is 25.7 Å². The molecule has 16 heavy (non-hydrogen) atoms. The minimum Gasteiger partial charge on any atom is -0.480 e. The van der Waals surface area contributed by atoms with Crippen molar-refractivity contribution in [2.24, 2.45) is 11.3 Å². The van der Waals surface area contributed by atoms with Crippen LogP contribution >= 0.6 is 0 Å². The predicted molar refractivity (Wildman–Crippen MR) is 58.9 cm³/mol. The molecule has 0 heterocycles. The Morgan fingerprint density at radius 1 is 1.50 bits per heavy atom. The first-order valence-electron chi connectivity index (χ1n) is 5.99. The second-order valence-corrected chi connectivity index (χ2v) is 5.50. The highest BCUT2D eigenvalue weighted by Crippen LogP contribution is 2.70. The molecular formula is C12H19NO3. The Hall–Kier alpha value is -1.06. The topological polar surface area (TPSA) is 66.4 Å². The summed E-state index contributed by atoms with van der Waals surface area (Å²) in [5.41, 5.74) is -0.805. The largest absolute Gasteiger partial charge is 0.480 e. The summed E-state index contributed by atoms with van der Waals surface area (Å²) in [6.45, 7) is 3.52. The Balaban J connectivity index is 1.95. The van der Waals surface area contributed by atoms with Gasteiger partial charge in [0, 0.05) is 5.92 Å². The van der Waals surface area contributed by atoms with Crippen LogP contribution in [0.15, 0.2) is 0 Å². The highest BCUT2D eigenvalue weighted by molar-refractivity contribution is 5.90. The Labute approximate surface area is 95.4 Å². The number of nitrogens with one attached hydrogen (secondary N) is 1. The lowest BCUT2D eigenvalue weighted by atomic mass is 9.96. The number of amides is 1. The monoisotopic (exact) mass is 225 g/mol. The lowest BCUT2D eigenvalue weighted by Crippen LogP contribution is -2.52. The molecule has 0 saturated heterocycles. The van der Waals surface area contributed by atoms with E-state index in [1.807, 2.05) is 6.92 Å². The zero-order valence-electron chi connectivity index (χ0n) is 9.88. The lowest BCUT2D eigenvalue weighted by molar-refractivity contribution is -0.147. The van der Waals surface area contributed by atoms with Crippen LogP contribution in [-0.2, 0) is 9.59 Å². The van der Waals surface area contributed by atoms with E-state index >= 15 is 0 Å². The molecule has 2 atom stereocenters. The van der Waals surface area contributed by atoms with Gasteiger partial charge in [0.25, 0.3) is 0 Å². The molecule has 2 N–H and O–H groups in total. The number of carboxylic acid groups (broad SMARTS) is 1. The van der Waals surface area contributed by atoms with Gasteiger partial charge in [0.2, 0.25) is 5.91 Å². The second-order valence-electron chi connectivity index (χ2n) is 5.50. The zero-order valence-corrected chi connectivity index (χ0v) is 9.88. The standard InChI is InChI=1S/C12H19NO3/c1-3-4-11(2,10(15)16)13-9(14)8-7-12(8)5-6-12/h8H,3-7H2,1-2H3,(H,13,14)(H,15,16). The van der Waals surface area contributed by atoms with Crippen LogP contribution in [0.3, 0.4) is 0 Å². The van der Waals surface area contributed by atoms with Crippen LogP contribution in [0.25, 0.3) is 0 Å². The quantitative estimate of drug-likeness (QED) is 0.746. The van der Waals surface area contributed by atoms with E-state index < -0.39 is 11.5 Å². The normalized spacial score (nSPS) is 28.2. The van der Waals surface area contributed by atoms with Crippen LogP contribution in [0.4, 0.5) is 0 Å². The second kappa shape index (κ2) is 3.47. The fraction of sp³-hybridized carbons (Fsp3) is 0.833. The smallest absolute Gasteiger partial charge is 0.329 e. The molecule has 0 bridgehead atoms. The van der Waals surface area contributed by atoms with E-state index in [9.17, 15) is 9.59 Å². The highest BCUT2D eigenvalue weighted by Gasteiger charge is 2.66. The predicted octanol–water partition coefficient (Wildman–Crippen LogP) is 1.55. The summed E-state index contributed by atoms with van der Waals surface area (Å²) >= 11 is 0. The number of carbonyl (C=O) groups is 2. The maximum Gasteiger partial charge on any atom is 0.329 e. The number of aliphatic carboxylic acids is 1. The van der Waals surface area contributed by atoms with E-state index in [2.05, 4.69) is 5.32 Å². The van der Waals surface area contributed by atoms with Crippen LogP contribution in [0.5, 0.6) is 0 Å². The van der Waals surface area contributed by atoms with Gasteiger partial charge in [-0.15, -0.1) is 0 Å². The van der Waals surface area contributed by atoms with Gasteiger partial charge >= 0.3 is 5.97 Å². The maximum atomic E-state index is 11.9. The van der Waals surface area contributed by atoms with Gasteiger partial charge in [0.15, 0.2) is 0 Å². The summed E-state index contributed by atoms with van der Waals surface area (Å²) in [5.74, 6) is -0.910. The van der Waals surface area contributed by atoms with E-state index in [1.165, 1.54) is 0 Å². The molecule has 4 heteroatoms. The zero-order chi connectivity index (χ0) is 12.0. The van der Waals surface area contributed by atoms with E-state index in [0.29, 0.717) is 6.42 Å². The Morgan fingerprint density at radius 3 is 2.50 bits per heavy atom. The molecule has 2 unspecified atom stereocenters. The van der Waals surface area contributed by atoms with Gasteiger partial charge in [-0.25, -0.2) is 4.79 Å². The molecule has 0 aliphatic heterocycles. The molecule has 2 aliphatic carbocycles. The SMILES string of the molecule is CCCC(C)(NC(=O)C1CC12CC2)C(=O)O. The number of hydrogen-bond donors (Lipinski definition) is 2. The fourth-order valence-corrected chi connectivity index (χ4v) is 2.51. The van der Waals surface area contributed by atoms with Crippen LogP contribution in [-0.4, -0.2) is 22.5 Å². The van der Waals surface area contributed by atoms with Gasteiger partial charge in [-0.3, -0.25) is 4.79 Å². The molecule has 0 aromatic carbocycles. The molecule has 2 aliphatic rings. The van der Waals surface area contributed by atoms with Gasteiger partial charge < -0.3 is 10.4 Å². The number of hydrogen-bond acceptors (Lipinski definition) is 2. The van der Waals surface area contributed by atoms with Crippen molar-refractivity contribution in [3.63, 3.8) is 0 Å². The van der Waals surface area contributed by atoms with Crippen molar-refractivity contribution in [1.29, 1.82) is 0 Å². The van der Waals surface area contributed by atoms with E-state index in [4.69, 9.17) is 5.11 Å². The Morgan fingerprint density at radius 2 is 2.12 bits per heavy atom. The first-order valence-corrected chi connectivity index (χ1v) is 5.99. The van der Waals surface area contributed by atoms with Gasteiger partial charge in [-0.1, -0.05) is 13.3 Å². The van der Waals surface area contributed by atoms with Gasteiger partial charge in [-0.2, -0.15) is 0 Å². The van der Waals surface area contributed by atoms with Crippen molar-refractivity contribution in [2.45, 2.75) is 51.5 Å².